The second-order valence-electron chi connectivity index (χ2n) is 7.75. The number of aliphatic imine (C=N–C) groups is 1. The summed E-state index contributed by atoms with van der Waals surface area (Å²) < 4.78 is 7.87. The van der Waals surface area contributed by atoms with Crippen LogP contribution in [0.4, 0.5) is 0 Å². The number of nitrogens with zero attached hydrogens (tertiary/aromatic N) is 3. The third-order valence-corrected chi connectivity index (χ3v) is 5.62. The number of nitrogens with two attached hydrogens (primary N) is 1. The van der Waals surface area contributed by atoms with Gasteiger partial charge in [-0.05, 0) is 29.3 Å². The number of rotatable bonds is 5. The molecule has 5 rings (SSSR count). The van der Waals surface area contributed by atoms with Crippen molar-refractivity contribution in [2.75, 3.05) is 6.61 Å². The van der Waals surface area contributed by atoms with E-state index in [0.29, 0.717) is 19.1 Å². The van der Waals surface area contributed by atoms with Crippen molar-refractivity contribution in [3.63, 3.8) is 0 Å². The zero-order valence-electron chi connectivity index (χ0n) is 17.2. The highest BCUT2D eigenvalue weighted by molar-refractivity contribution is 5.78. The third kappa shape index (κ3) is 4.23. The fourth-order valence-electron chi connectivity index (χ4n) is 3.98. The number of guanidine groups is 1. The van der Waals surface area contributed by atoms with Crippen LogP contribution in [0.3, 0.4) is 0 Å². The maximum atomic E-state index is 6.17. The maximum absolute atomic E-state index is 6.17. The zero-order valence-corrected chi connectivity index (χ0v) is 17.2. The molecule has 0 radical (unpaired) electrons. The Morgan fingerprint density at radius 3 is 2.71 bits per heavy atom. The van der Waals surface area contributed by atoms with E-state index in [1.54, 1.807) is 0 Å². The van der Waals surface area contributed by atoms with Gasteiger partial charge in [-0.15, -0.1) is 0 Å². The van der Waals surface area contributed by atoms with Crippen LogP contribution in [-0.2, 0) is 13.1 Å². The minimum atomic E-state index is 0.126. The topological polar surface area (TPSA) is 77.5 Å². The van der Waals surface area contributed by atoms with Crippen molar-refractivity contribution in [3.8, 4) is 5.75 Å². The number of imidazole rings is 1. The van der Waals surface area contributed by atoms with Gasteiger partial charge in [0.05, 0.1) is 36.6 Å². The number of aromatic nitrogens is 2. The van der Waals surface area contributed by atoms with Crippen molar-refractivity contribution in [2.45, 2.75) is 25.6 Å². The lowest BCUT2D eigenvalue weighted by molar-refractivity contribution is 0.262. The highest BCUT2D eigenvalue weighted by atomic mass is 16.5. The fourth-order valence-corrected chi connectivity index (χ4v) is 3.98. The van der Waals surface area contributed by atoms with Crippen LogP contribution in [0.15, 0.2) is 84.1 Å². The molecule has 2 heterocycles. The fraction of sp³-hybridized carbons (Fsp3) is 0.200. The summed E-state index contributed by atoms with van der Waals surface area (Å²) in [5.41, 5.74) is 11.8. The summed E-state index contributed by atoms with van der Waals surface area (Å²) in [5.74, 6) is 1.37. The summed E-state index contributed by atoms with van der Waals surface area (Å²) in [6.07, 6.45) is 2.76. The molecule has 1 unspecified atom stereocenters. The molecular weight excluding hydrogens is 386 g/mol. The predicted molar refractivity (Wildman–Crippen MR) is 123 cm³/mol. The van der Waals surface area contributed by atoms with Crippen molar-refractivity contribution in [3.05, 3.63) is 95.8 Å². The summed E-state index contributed by atoms with van der Waals surface area (Å²) >= 11 is 0. The Bertz CT molecular complexity index is 1210. The molecule has 156 valence electrons. The molecule has 6 nitrogen and oxygen atoms in total. The molecule has 1 aromatic heterocycles. The van der Waals surface area contributed by atoms with Crippen LogP contribution in [0, 0.1) is 0 Å². The van der Waals surface area contributed by atoms with Gasteiger partial charge < -0.3 is 20.4 Å². The number of nitrogens with one attached hydrogen (secondary N) is 1. The van der Waals surface area contributed by atoms with E-state index in [-0.39, 0.29) is 6.04 Å². The van der Waals surface area contributed by atoms with E-state index in [4.69, 9.17) is 10.5 Å². The van der Waals surface area contributed by atoms with Crippen LogP contribution in [0.25, 0.3) is 11.0 Å². The number of benzene rings is 3. The number of fused-ring (bicyclic) bond motifs is 2. The van der Waals surface area contributed by atoms with Gasteiger partial charge in [-0.3, -0.25) is 0 Å². The van der Waals surface area contributed by atoms with E-state index in [1.165, 1.54) is 5.56 Å². The number of hydrogen-bond acceptors (Lipinski definition) is 3. The summed E-state index contributed by atoms with van der Waals surface area (Å²) in [4.78, 5) is 8.99. The van der Waals surface area contributed by atoms with Crippen LogP contribution < -0.4 is 15.8 Å². The van der Waals surface area contributed by atoms with E-state index in [2.05, 4.69) is 56.3 Å². The Labute approximate surface area is 181 Å². The first-order chi connectivity index (χ1) is 15.3. The first-order valence-corrected chi connectivity index (χ1v) is 10.5. The molecule has 0 aliphatic carbocycles. The van der Waals surface area contributed by atoms with Crippen LogP contribution >= 0.6 is 0 Å². The molecule has 0 fully saturated rings. The normalized spacial score (nSPS) is 16.0. The summed E-state index contributed by atoms with van der Waals surface area (Å²) in [6.45, 7) is 2.00. The molecule has 0 spiro atoms. The Morgan fingerprint density at radius 1 is 1.03 bits per heavy atom. The minimum Gasteiger partial charge on any atom is -0.493 e. The van der Waals surface area contributed by atoms with Crippen LogP contribution in [0.5, 0.6) is 5.75 Å². The monoisotopic (exact) mass is 411 g/mol. The lowest BCUT2D eigenvalue weighted by atomic mass is 10.0. The van der Waals surface area contributed by atoms with Crippen LogP contribution in [-0.4, -0.2) is 22.1 Å². The van der Waals surface area contributed by atoms with Crippen molar-refractivity contribution < 1.29 is 4.74 Å². The maximum Gasteiger partial charge on any atom is 0.189 e. The van der Waals surface area contributed by atoms with Gasteiger partial charge in [0.25, 0.3) is 0 Å². The number of para-hydroxylation sites is 3. The van der Waals surface area contributed by atoms with Gasteiger partial charge in [0, 0.05) is 18.5 Å². The first-order valence-electron chi connectivity index (χ1n) is 10.5. The molecule has 31 heavy (non-hydrogen) atoms. The highest BCUT2D eigenvalue weighted by Crippen LogP contribution is 2.31. The number of hydrogen-bond donors (Lipinski definition) is 2. The summed E-state index contributed by atoms with van der Waals surface area (Å²) in [7, 11) is 0. The largest absolute Gasteiger partial charge is 0.493 e. The van der Waals surface area contributed by atoms with Gasteiger partial charge >= 0.3 is 0 Å². The van der Waals surface area contributed by atoms with E-state index < -0.39 is 0 Å². The molecule has 6 heteroatoms. The summed E-state index contributed by atoms with van der Waals surface area (Å²) in [5, 5.41) is 3.34. The van der Waals surface area contributed by atoms with Gasteiger partial charge in [-0.2, -0.15) is 0 Å². The van der Waals surface area contributed by atoms with Gasteiger partial charge in [-0.1, -0.05) is 54.6 Å². The Balaban J connectivity index is 1.21. The lowest BCUT2D eigenvalue weighted by Crippen LogP contribution is -2.37. The van der Waals surface area contributed by atoms with Gasteiger partial charge in [0.2, 0.25) is 0 Å². The van der Waals surface area contributed by atoms with E-state index in [9.17, 15) is 0 Å². The molecule has 1 atom stereocenters. The molecular formula is C25H25N5O. The predicted octanol–water partition coefficient (Wildman–Crippen LogP) is 4.01. The van der Waals surface area contributed by atoms with Crippen molar-refractivity contribution >= 4 is 17.0 Å². The molecule has 0 bridgehead atoms. The lowest BCUT2D eigenvalue weighted by Gasteiger charge is -2.26. The molecule has 1 aliphatic rings. The highest BCUT2D eigenvalue weighted by Gasteiger charge is 2.21. The zero-order chi connectivity index (χ0) is 21.0. The van der Waals surface area contributed by atoms with Crippen LogP contribution in [0.2, 0.25) is 0 Å². The van der Waals surface area contributed by atoms with Crippen molar-refractivity contribution in [2.24, 2.45) is 10.7 Å². The van der Waals surface area contributed by atoms with Crippen molar-refractivity contribution in [1.82, 2.24) is 14.9 Å². The molecule has 3 N–H and O–H groups in total. The van der Waals surface area contributed by atoms with Crippen molar-refractivity contribution in [1.29, 1.82) is 0 Å². The van der Waals surface area contributed by atoms with Crippen LogP contribution in [0.1, 0.15) is 29.2 Å². The molecule has 0 amide bonds. The molecule has 0 saturated carbocycles. The third-order valence-electron chi connectivity index (χ3n) is 5.62. The Kier molecular flexibility index (Phi) is 5.27. The van der Waals surface area contributed by atoms with Gasteiger partial charge in [0.1, 0.15) is 5.75 Å². The molecule has 0 saturated heterocycles. The SMILES string of the molecule is NC(=NCc1ccc(Cn2cnc3ccccc32)cc1)NC1CCOc2ccccc21. The quantitative estimate of drug-likeness (QED) is 0.384. The molecule has 4 aromatic rings. The molecule has 1 aliphatic heterocycles. The summed E-state index contributed by atoms with van der Waals surface area (Å²) in [6, 6.07) is 24.9. The van der Waals surface area contributed by atoms with E-state index in [0.717, 1.165) is 40.9 Å². The van der Waals surface area contributed by atoms with Gasteiger partial charge in [-0.25, -0.2) is 9.98 Å². The van der Waals surface area contributed by atoms with E-state index in [1.807, 2.05) is 42.7 Å². The minimum absolute atomic E-state index is 0.126. The molecule has 3 aromatic carbocycles. The first kappa shape index (κ1) is 19.2. The number of ether oxygens (including phenoxy) is 1. The standard InChI is InChI=1S/C25H25N5O/c26-25(29-21-13-14-31-24-8-4-1-5-20(21)24)27-15-18-9-11-19(12-10-18)16-30-17-28-22-6-2-3-7-23(22)30/h1-12,17,21H,13-16H2,(H3,26,27,29). The second kappa shape index (κ2) is 8.52. The Morgan fingerprint density at radius 2 is 1.81 bits per heavy atom. The Hall–Kier alpha value is -3.80. The average Bonchev–Trinajstić information content (AvgIpc) is 3.22. The van der Waals surface area contributed by atoms with E-state index >= 15 is 0 Å². The average molecular weight is 412 g/mol. The second-order valence-corrected chi connectivity index (χ2v) is 7.75. The smallest absolute Gasteiger partial charge is 0.189 e. The van der Waals surface area contributed by atoms with Gasteiger partial charge in [0.15, 0.2) is 5.96 Å².